The molecule has 0 atom stereocenters. The molecule has 1 N–H and O–H groups in total. The molecule has 1 aliphatic rings. The minimum absolute atomic E-state index is 0.321. The van der Waals surface area contributed by atoms with Crippen LogP contribution in [-0.4, -0.2) is 28.1 Å². The van der Waals surface area contributed by atoms with Gasteiger partial charge in [0.2, 0.25) is 0 Å². The number of hydrogen-bond donors (Lipinski definition) is 1. The van der Waals surface area contributed by atoms with Gasteiger partial charge in [0.15, 0.2) is 0 Å². The fourth-order valence-corrected chi connectivity index (χ4v) is 3.25. The number of halogens is 1. The number of fused-ring (bicyclic) bond motifs is 2. The topological polar surface area (TPSA) is 36.4 Å². The first-order valence-electron chi connectivity index (χ1n) is 7.47. The molecule has 112 valence electrons. The number of hydrogen-bond acceptors (Lipinski definition) is 3. The summed E-state index contributed by atoms with van der Waals surface area (Å²) in [6, 6.07) is 4.96. The van der Waals surface area contributed by atoms with Crippen LogP contribution in [0.2, 0.25) is 0 Å². The van der Waals surface area contributed by atoms with Gasteiger partial charge in [-0.25, -0.2) is 9.37 Å². The van der Waals surface area contributed by atoms with E-state index in [1.165, 1.54) is 6.07 Å². The summed E-state index contributed by atoms with van der Waals surface area (Å²) in [6.45, 7) is 8.32. The highest BCUT2D eigenvalue weighted by Crippen LogP contribution is 2.35. The smallest absolute Gasteiger partial charge is 0.149 e. The summed E-state index contributed by atoms with van der Waals surface area (Å²) >= 11 is 0. The molecule has 3 rings (SSSR count). The zero-order chi connectivity index (χ0) is 15.2. The number of para-hydroxylation sites is 1. The van der Waals surface area contributed by atoms with Crippen LogP contribution in [0, 0.1) is 5.82 Å². The summed E-state index contributed by atoms with van der Waals surface area (Å²) in [7, 11) is 0. The van der Waals surface area contributed by atoms with Crippen molar-refractivity contribution in [1.82, 2.24) is 9.88 Å². The fourth-order valence-electron chi connectivity index (χ4n) is 3.25. The summed E-state index contributed by atoms with van der Waals surface area (Å²) in [5, 5.41) is 11.3. The van der Waals surface area contributed by atoms with Crippen molar-refractivity contribution in [1.29, 1.82) is 0 Å². The summed E-state index contributed by atoms with van der Waals surface area (Å²) in [4.78, 5) is 6.87. The predicted octanol–water partition coefficient (Wildman–Crippen LogP) is 2.98. The lowest BCUT2D eigenvalue weighted by Gasteiger charge is -2.32. The van der Waals surface area contributed by atoms with E-state index in [0.29, 0.717) is 5.52 Å². The molecule has 2 aromatic rings. The number of rotatable bonds is 2. The van der Waals surface area contributed by atoms with Crippen LogP contribution in [-0.2, 0) is 18.6 Å². The van der Waals surface area contributed by atoms with Gasteiger partial charge in [-0.15, -0.1) is 0 Å². The van der Waals surface area contributed by atoms with Gasteiger partial charge in [0.25, 0.3) is 0 Å². The van der Waals surface area contributed by atoms with Crippen molar-refractivity contribution >= 4 is 10.9 Å². The Kier molecular flexibility index (Phi) is 3.46. The normalized spacial score (nSPS) is 16.2. The van der Waals surface area contributed by atoms with E-state index < -0.39 is 5.60 Å². The molecule has 0 fully saturated rings. The van der Waals surface area contributed by atoms with Crippen molar-refractivity contribution in [3.63, 3.8) is 0 Å². The van der Waals surface area contributed by atoms with Gasteiger partial charge in [-0.1, -0.05) is 19.1 Å². The molecule has 0 saturated heterocycles. The van der Waals surface area contributed by atoms with Crippen LogP contribution in [0.15, 0.2) is 18.2 Å². The highest BCUT2D eigenvalue weighted by molar-refractivity contribution is 5.85. The zero-order valence-electron chi connectivity index (χ0n) is 12.8. The Hall–Kier alpha value is -1.52. The Labute approximate surface area is 124 Å². The van der Waals surface area contributed by atoms with Crippen LogP contribution in [0.4, 0.5) is 4.39 Å². The van der Waals surface area contributed by atoms with Crippen LogP contribution in [0.5, 0.6) is 0 Å². The first kappa shape index (κ1) is 14.4. The molecule has 0 bridgehead atoms. The number of benzene rings is 1. The Balaban J connectivity index is 2.34. The van der Waals surface area contributed by atoms with E-state index in [2.05, 4.69) is 16.8 Å². The summed E-state index contributed by atoms with van der Waals surface area (Å²) in [5.41, 5.74) is 2.16. The lowest BCUT2D eigenvalue weighted by molar-refractivity contribution is 0.0775. The monoisotopic (exact) mass is 288 g/mol. The number of aromatic nitrogens is 1. The molecule has 0 amide bonds. The maximum Gasteiger partial charge on any atom is 0.149 e. The van der Waals surface area contributed by atoms with Crippen molar-refractivity contribution in [2.24, 2.45) is 0 Å². The molecule has 0 unspecified atom stereocenters. The van der Waals surface area contributed by atoms with E-state index in [0.717, 1.165) is 48.3 Å². The number of aliphatic hydroxyl groups is 1. The van der Waals surface area contributed by atoms with Crippen LogP contribution in [0.25, 0.3) is 10.9 Å². The second-order valence-electron chi connectivity index (χ2n) is 6.23. The molecule has 0 spiro atoms. The van der Waals surface area contributed by atoms with Gasteiger partial charge in [-0.05, 0) is 37.6 Å². The second kappa shape index (κ2) is 5.04. The molecule has 1 aromatic carbocycles. The van der Waals surface area contributed by atoms with Gasteiger partial charge in [0.1, 0.15) is 11.3 Å². The molecule has 0 aliphatic carbocycles. The van der Waals surface area contributed by atoms with Crippen LogP contribution >= 0.6 is 0 Å². The van der Waals surface area contributed by atoms with Gasteiger partial charge in [-0.3, -0.25) is 4.90 Å². The minimum atomic E-state index is -1.02. The average molecular weight is 288 g/mol. The van der Waals surface area contributed by atoms with Gasteiger partial charge < -0.3 is 5.11 Å². The second-order valence-corrected chi connectivity index (χ2v) is 6.23. The molecular formula is C17H21FN2O. The summed E-state index contributed by atoms with van der Waals surface area (Å²) < 4.78 is 14.1. The highest BCUT2D eigenvalue weighted by atomic mass is 19.1. The van der Waals surface area contributed by atoms with Crippen LogP contribution < -0.4 is 0 Å². The summed E-state index contributed by atoms with van der Waals surface area (Å²) in [5.74, 6) is -0.321. The molecule has 0 saturated carbocycles. The average Bonchev–Trinajstić information content (AvgIpc) is 2.43. The van der Waals surface area contributed by atoms with E-state index in [9.17, 15) is 9.50 Å². The van der Waals surface area contributed by atoms with Gasteiger partial charge in [0, 0.05) is 30.6 Å². The Morgan fingerprint density at radius 3 is 2.81 bits per heavy atom. The summed E-state index contributed by atoms with van der Waals surface area (Å²) in [6.07, 6.45) is 0.802. The number of nitrogens with zero attached hydrogens (tertiary/aromatic N) is 2. The molecule has 4 heteroatoms. The standard InChI is InChI=1S/C17H21FN2O/c1-4-20-9-8-14-12(10-20)15(17(2,3)21)11-6-5-7-13(18)16(11)19-14/h5-7,21H,4,8-10H2,1-3H3. The molecular weight excluding hydrogens is 267 g/mol. The Morgan fingerprint density at radius 2 is 2.14 bits per heavy atom. The zero-order valence-corrected chi connectivity index (χ0v) is 12.8. The van der Waals surface area contributed by atoms with E-state index in [-0.39, 0.29) is 5.82 Å². The highest BCUT2D eigenvalue weighted by Gasteiger charge is 2.29. The Bertz CT molecular complexity index is 691. The molecule has 21 heavy (non-hydrogen) atoms. The van der Waals surface area contributed by atoms with Crippen molar-refractivity contribution < 1.29 is 9.50 Å². The minimum Gasteiger partial charge on any atom is -0.386 e. The lowest BCUT2D eigenvalue weighted by Crippen LogP contribution is -2.34. The van der Waals surface area contributed by atoms with E-state index in [4.69, 9.17) is 0 Å². The van der Waals surface area contributed by atoms with Gasteiger partial charge >= 0.3 is 0 Å². The third-order valence-electron chi connectivity index (χ3n) is 4.26. The maximum atomic E-state index is 14.1. The Morgan fingerprint density at radius 1 is 1.38 bits per heavy atom. The van der Waals surface area contributed by atoms with E-state index >= 15 is 0 Å². The third kappa shape index (κ3) is 2.43. The molecule has 0 radical (unpaired) electrons. The van der Waals surface area contributed by atoms with Crippen molar-refractivity contribution in [3.05, 3.63) is 40.8 Å². The van der Waals surface area contributed by atoms with Crippen molar-refractivity contribution in [2.45, 2.75) is 39.3 Å². The maximum absolute atomic E-state index is 14.1. The molecule has 1 aliphatic heterocycles. The van der Waals surface area contributed by atoms with E-state index in [1.807, 2.05) is 6.07 Å². The largest absolute Gasteiger partial charge is 0.386 e. The van der Waals surface area contributed by atoms with Crippen LogP contribution in [0.3, 0.4) is 0 Å². The van der Waals surface area contributed by atoms with Crippen molar-refractivity contribution in [3.8, 4) is 0 Å². The first-order chi connectivity index (χ1) is 9.91. The fraction of sp³-hybridized carbons (Fsp3) is 0.471. The van der Waals surface area contributed by atoms with E-state index in [1.54, 1.807) is 19.9 Å². The number of likely N-dealkylation sites (N-methyl/N-ethyl adjacent to an activating group) is 1. The van der Waals surface area contributed by atoms with Crippen LogP contribution in [0.1, 0.15) is 37.6 Å². The third-order valence-corrected chi connectivity index (χ3v) is 4.26. The SMILES string of the molecule is CCN1CCc2nc3c(F)cccc3c(C(C)(C)O)c2C1. The van der Waals surface area contributed by atoms with Gasteiger partial charge in [0.05, 0.1) is 5.60 Å². The molecule has 2 heterocycles. The predicted molar refractivity (Wildman–Crippen MR) is 81.6 cm³/mol. The van der Waals surface area contributed by atoms with Gasteiger partial charge in [-0.2, -0.15) is 0 Å². The molecule has 1 aromatic heterocycles. The quantitative estimate of drug-likeness (QED) is 0.923. The van der Waals surface area contributed by atoms with Crippen molar-refractivity contribution in [2.75, 3.05) is 13.1 Å². The first-order valence-corrected chi connectivity index (χ1v) is 7.47. The number of pyridine rings is 1. The lowest BCUT2D eigenvalue weighted by atomic mass is 9.86. The molecule has 3 nitrogen and oxygen atoms in total.